The highest BCUT2D eigenvalue weighted by Crippen LogP contribution is 2.29. The van der Waals surface area contributed by atoms with Crippen LogP contribution < -0.4 is 5.32 Å². The minimum Gasteiger partial charge on any atom is -0.466 e. The lowest BCUT2D eigenvalue weighted by Crippen LogP contribution is -2.47. The monoisotopic (exact) mass is 451 g/mol. The fourth-order valence-corrected chi connectivity index (χ4v) is 3.25. The van der Waals surface area contributed by atoms with E-state index in [1.54, 1.807) is 27.7 Å². The number of carbonyl (C=O) groups is 2. The molecule has 7 heteroatoms. The van der Waals surface area contributed by atoms with E-state index in [1.165, 1.54) is 0 Å². The molecule has 0 radical (unpaired) electrons. The molecule has 2 atom stereocenters. The molecule has 0 aliphatic carbocycles. The summed E-state index contributed by atoms with van der Waals surface area (Å²) in [5.74, 6) is -0.365. The number of hydrogen-bond donors (Lipinski definition) is 2. The van der Waals surface area contributed by atoms with Gasteiger partial charge in [-0.05, 0) is 57.9 Å². The van der Waals surface area contributed by atoms with E-state index in [9.17, 15) is 14.7 Å². The second kappa shape index (κ2) is 13.4. The highest BCUT2D eigenvalue weighted by atomic mass is 16.6. The Balaban J connectivity index is 2.67. The maximum Gasteiger partial charge on any atom is 0.407 e. The molecule has 0 aliphatic heterocycles. The van der Waals surface area contributed by atoms with Gasteiger partial charge in [-0.3, -0.25) is 4.79 Å². The number of esters is 1. The molecule has 7 nitrogen and oxygen atoms in total. The number of hydrogen-bond acceptors (Lipinski definition) is 6. The SMILES string of the molecule is CCOC(=O)CCC(O)[C@H](CC(C)(C)CCOCc1ccccc1)NC(=O)OC(C)(C)C. The van der Waals surface area contributed by atoms with Gasteiger partial charge in [-0.15, -0.1) is 0 Å². The Bertz CT molecular complexity index is 683. The van der Waals surface area contributed by atoms with Gasteiger partial charge in [0.25, 0.3) is 0 Å². The molecule has 0 saturated carbocycles. The van der Waals surface area contributed by atoms with E-state index >= 15 is 0 Å². The molecule has 1 unspecified atom stereocenters. The van der Waals surface area contributed by atoms with Gasteiger partial charge in [0.15, 0.2) is 0 Å². The minimum absolute atomic E-state index is 0.0854. The third kappa shape index (κ3) is 12.7. The molecular weight excluding hydrogens is 410 g/mol. The average Bonchev–Trinajstić information content (AvgIpc) is 2.68. The maximum absolute atomic E-state index is 12.4. The molecule has 0 aliphatic rings. The van der Waals surface area contributed by atoms with Crippen LogP contribution >= 0.6 is 0 Å². The van der Waals surface area contributed by atoms with E-state index in [4.69, 9.17) is 14.2 Å². The van der Waals surface area contributed by atoms with Crippen molar-refractivity contribution >= 4 is 12.1 Å². The summed E-state index contributed by atoms with van der Waals surface area (Å²) >= 11 is 0. The molecule has 0 bridgehead atoms. The topological polar surface area (TPSA) is 94.1 Å². The molecule has 182 valence electrons. The van der Waals surface area contributed by atoms with E-state index in [1.807, 2.05) is 30.3 Å². The minimum atomic E-state index is -0.906. The molecule has 0 aromatic heterocycles. The summed E-state index contributed by atoms with van der Waals surface area (Å²) < 4.78 is 16.1. The second-order valence-corrected chi connectivity index (χ2v) is 9.82. The van der Waals surface area contributed by atoms with Crippen molar-refractivity contribution in [1.82, 2.24) is 5.32 Å². The smallest absolute Gasteiger partial charge is 0.407 e. The number of benzene rings is 1. The molecule has 32 heavy (non-hydrogen) atoms. The molecule has 1 amide bonds. The standard InChI is InChI=1S/C25H41NO6/c1-7-31-22(28)14-13-21(27)20(26-23(29)32-24(2,3)4)17-25(5,6)15-16-30-18-19-11-9-8-10-12-19/h8-12,20-21,27H,7,13-18H2,1-6H3,(H,26,29)/t20-,21?/m0/s1. The van der Waals surface area contributed by atoms with Gasteiger partial charge in [-0.25, -0.2) is 4.79 Å². The molecule has 0 heterocycles. The van der Waals surface area contributed by atoms with Gasteiger partial charge in [-0.1, -0.05) is 44.2 Å². The highest BCUT2D eigenvalue weighted by molar-refractivity contribution is 5.69. The van der Waals surface area contributed by atoms with E-state index in [2.05, 4.69) is 19.2 Å². The van der Waals surface area contributed by atoms with Crippen LogP contribution in [0.5, 0.6) is 0 Å². The Morgan fingerprint density at radius 3 is 2.34 bits per heavy atom. The predicted octanol–water partition coefficient (Wildman–Crippen LogP) is 4.61. The molecular formula is C25H41NO6. The number of nitrogens with one attached hydrogen (secondary N) is 1. The number of aliphatic hydroxyl groups excluding tert-OH is 1. The van der Waals surface area contributed by atoms with Crippen LogP contribution in [0.4, 0.5) is 4.79 Å². The van der Waals surface area contributed by atoms with Gasteiger partial charge < -0.3 is 24.6 Å². The van der Waals surface area contributed by atoms with Gasteiger partial charge >= 0.3 is 12.1 Å². The van der Waals surface area contributed by atoms with Gasteiger partial charge in [0.2, 0.25) is 0 Å². The van der Waals surface area contributed by atoms with Crippen molar-refractivity contribution in [2.24, 2.45) is 5.41 Å². The Morgan fingerprint density at radius 2 is 1.75 bits per heavy atom. The fraction of sp³-hybridized carbons (Fsp3) is 0.680. The van der Waals surface area contributed by atoms with Crippen LogP contribution in [0.15, 0.2) is 30.3 Å². The lowest BCUT2D eigenvalue weighted by atomic mass is 9.81. The van der Waals surface area contributed by atoms with Gasteiger partial charge in [-0.2, -0.15) is 0 Å². The van der Waals surface area contributed by atoms with Crippen molar-refractivity contribution in [3.05, 3.63) is 35.9 Å². The Hall–Kier alpha value is -2.12. The van der Waals surface area contributed by atoms with Crippen LogP contribution in [0.1, 0.15) is 72.8 Å². The Morgan fingerprint density at radius 1 is 1.09 bits per heavy atom. The van der Waals surface area contributed by atoms with Gasteiger partial charge in [0, 0.05) is 13.0 Å². The predicted molar refractivity (Wildman–Crippen MR) is 124 cm³/mol. The summed E-state index contributed by atoms with van der Waals surface area (Å²) in [7, 11) is 0. The van der Waals surface area contributed by atoms with Crippen LogP contribution in [-0.2, 0) is 25.6 Å². The molecule has 0 spiro atoms. The lowest BCUT2D eigenvalue weighted by molar-refractivity contribution is -0.143. The fourth-order valence-electron chi connectivity index (χ4n) is 3.25. The number of carbonyl (C=O) groups excluding carboxylic acids is 2. The Kier molecular flexibility index (Phi) is 11.7. The zero-order chi connectivity index (χ0) is 24.2. The van der Waals surface area contributed by atoms with Crippen LogP contribution in [0, 0.1) is 5.41 Å². The third-order valence-electron chi connectivity index (χ3n) is 4.92. The highest BCUT2D eigenvalue weighted by Gasteiger charge is 2.31. The Labute approximate surface area is 192 Å². The van der Waals surface area contributed by atoms with Crippen LogP contribution in [0.2, 0.25) is 0 Å². The van der Waals surface area contributed by atoms with E-state index in [0.717, 1.165) is 12.0 Å². The summed E-state index contributed by atoms with van der Waals surface area (Å²) in [6, 6.07) is 9.40. The van der Waals surface area contributed by atoms with Crippen LogP contribution in [0.3, 0.4) is 0 Å². The summed E-state index contributed by atoms with van der Waals surface area (Å²) in [6.45, 7) is 12.6. The van der Waals surface area contributed by atoms with Crippen LogP contribution in [0.25, 0.3) is 0 Å². The van der Waals surface area contributed by atoms with Crippen LogP contribution in [-0.4, -0.2) is 48.1 Å². The maximum atomic E-state index is 12.4. The summed E-state index contributed by atoms with van der Waals surface area (Å²) in [5.41, 5.74) is 0.247. The van der Waals surface area contributed by atoms with Gasteiger partial charge in [0.05, 0.1) is 25.4 Å². The summed E-state index contributed by atoms with van der Waals surface area (Å²) in [5, 5.41) is 13.5. The number of ether oxygens (including phenoxy) is 3. The molecule has 1 rings (SSSR count). The van der Waals surface area contributed by atoms with Crippen molar-refractivity contribution in [2.45, 2.75) is 91.6 Å². The van der Waals surface area contributed by atoms with Crippen molar-refractivity contribution in [1.29, 1.82) is 0 Å². The molecule has 1 aromatic carbocycles. The zero-order valence-electron chi connectivity index (χ0n) is 20.5. The second-order valence-electron chi connectivity index (χ2n) is 9.82. The number of aliphatic hydroxyl groups is 1. The molecule has 1 aromatic rings. The van der Waals surface area contributed by atoms with E-state index in [0.29, 0.717) is 26.2 Å². The van der Waals surface area contributed by atoms with E-state index in [-0.39, 0.29) is 24.2 Å². The van der Waals surface area contributed by atoms with Crippen molar-refractivity contribution in [3.63, 3.8) is 0 Å². The summed E-state index contributed by atoms with van der Waals surface area (Å²) in [6.07, 6.45) is 0.0365. The molecule has 0 saturated heterocycles. The number of rotatable bonds is 13. The molecule has 2 N–H and O–H groups in total. The van der Waals surface area contributed by atoms with Crippen molar-refractivity contribution in [3.8, 4) is 0 Å². The summed E-state index contributed by atoms with van der Waals surface area (Å²) in [4.78, 5) is 24.1. The lowest BCUT2D eigenvalue weighted by Gasteiger charge is -2.33. The average molecular weight is 452 g/mol. The largest absolute Gasteiger partial charge is 0.466 e. The van der Waals surface area contributed by atoms with Crippen molar-refractivity contribution < 1.29 is 28.9 Å². The number of alkyl carbamates (subject to hydrolysis) is 1. The first-order chi connectivity index (χ1) is 14.9. The third-order valence-corrected chi connectivity index (χ3v) is 4.92. The zero-order valence-corrected chi connectivity index (χ0v) is 20.5. The number of amides is 1. The van der Waals surface area contributed by atoms with E-state index < -0.39 is 23.8 Å². The molecule has 0 fully saturated rings. The first kappa shape index (κ1) is 27.9. The quantitative estimate of drug-likeness (QED) is 0.336. The van der Waals surface area contributed by atoms with Gasteiger partial charge in [0.1, 0.15) is 5.60 Å². The first-order valence-corrected chi connectivity index (χ1v) is 11.4. The first-order valence-electron chi connectivity index (χ1n) is 11.4. The normalized spacial score (nSPS) is 13.8. The van der Waals surface area contributed by atoms with Crippen molar-refractivity contribution in [2.75, 3.05) is 13.2 Å².